The number of rotatable bonds is 4. The number of ether oxygens (including phenoxy) is 1. The number of carbonyl (C=O) groups is 2. The molecule has 0 heterocycles. The zero-order chi connectivity index (χ0) is 11.4. The molecule has 2 atom stereocenters. The van der Waals surface area contributed by atoms with E-state index in [-0.39, 0.29) is 5.12 Å². The molecule has 0 aliphatic heterocycles. The van der Waals surface area contributed by atoms with Crippen molar-refractivity contribution in [2.75, 3.05) is 12.9 Å². The average molecular weight is 220 g/mol. The van der Waals surface area contributed by atoms with E-state index in [1.807, 2.05) is 6.92 Å². The second-order valence-electron chi connectivity index (χ2n) is 3.11. The van der Waals surface area contributed by atoms with Gasteiger partial charge in [-0.15, -0.1) is 0 Å². The molecular formula is C9H16O4S. The largest absolute Gasteiger partial charge is 0.467 e. The summed E-state index contributed by atoms with van der Waals surface area (Å²) in [6.07, 6.45) is 0. The van der Waals surface area contributed by atoms with Crippen LogP contribution in [0.1, 0.15) is 20.8 Å². The molecule has 0 saturated carbocycles. The summed E-state index contributed by atoms with van der Waals surface area (Å²) in [6, 6.07) is 0. The van der Waals surface area contributed by atoms with Crippen LogP contribution in [0.2, 0.25) is 0 Å². The fourth-order valence-electron chi connectivity index (χ4n) is 0.880. The van der Waals surface area contributed by atoms with Crippen molar-refractivity contribution in [1.82, 2.24) is 0 Å². The summed E-state index contributed by atoms with van der Waals surface area (Å²) in [4.78, 5) is 22.6. The van der Waals surface area contributed by atoms with Crippen LogP contribution in [-0.4, -0.2) is 34.7 Å². The quantitative estimate of drug-likeness (QED) is 0.711. The van der Waals surface area contributed by atoms with Crippen molar-refractivity contribution < 1.29 is 19.4 Å². The van der Waals surface area contributed by atoms with Crippen LogP contribution in [0.25, 0.3) is 0 Å². The molecule has 0 unspecified atom stereocenters. The van der Waals surface area contributed by atoms with Gasteiger partial charge in [0.25, 0.3) is 0 Å². The summed E-state index contributed by atoms with van der Waals surface area (Å²) in [5.41, 5.74) is -1.74. The Morgan fingerprint density at radius 3 is 2.43 bits per heavy atom. The first-order valence-electron chi connectivity index (χ1n) is 4.35. The van der Waals surface area contributed by atoms with Crippen LogP contribution >= 0.6 is 11.8 Å². The number of methoxy groups -OCH3 is 1. The molecule has 0 radical (unpaired) electrons. The predicted octanol–water partition coefficient (Wildman–Crippen LogP) is 0.826. The fourth-order valence-corrected chi connectivity index (χ4v) is 1.64. The zero-order valence-electron chi connectivity index (χ0n) is 8.86. The Bertz CT molecular complexity index is 225. The Balaban J connectivity index is 4.56. The molecule has 0 fully saturated rings. The first-order chi connectivity index (χ1) is 6.37. The van der Waals surface area contributed by atoms with Crippen molar-refractivity contribution in [3.63, 3.8) is 0 Å². The highest BCUT2D eigenvalue weighted by Crippen LogP contribution is 2.23. The molecule has 14 heavy (non-hydrogen) atoms. The van der Waals surface area contributed by atoms with Crippen molar-refractivity contribution >= 4 is 22.8 Å². The number of thioether (sulfide) groups is 1. The van der Waals surface area contributed by atoms with Crippen molar-refractivity contribution in [3.8, 4) is 0 Å². The summed E-state index contributed by atoms with van der Waals surface area (Å²) < 4.78 is 4.41. The first kappa shape index (κ1) is 13.4. The maximum Gasteiger partial charge on any atom is 0.338 e. The molecule has 0 aromatic carbocycles. The molecule has 1 N–H and O–H groups in total. The molecule has 0 spiro atoms. The smallest absolute Gasteiger partial charge is 0.338 e. The SMILES string of the molecule is CCSC(=O)[C@@H](C)[C@@](C)(O)C(=O)OC. The minimum Gasteiger partial charge on any atom is -0.467 e. The van der Waals surface area contributed by atoms with Gasteiger partial charge in [-0.25, -0.2) is 4.79 Å². The zero-order valence-corrected chi connectivity index (χ0v) is 9.68. The highest BCUT2D eigenvalue weighted by molar-refractivity contribution is 8.13. The summed E-state index contributed by atoms with van der Waals surface area (Å²) in [6.45, 7) is 4.64. The Kier molecular flexibility index (Phi) is 5.15. The van der Waals surface area contributed by atoms with E-state index in [2.05, 4.69) is 4.74 Å². The standard InChI is InChI=1S/C9H16O4S/c1-5-14-7(10)6(2)9(3,12)8(11)13-4/h6,12H,5H2,1-4H3/t6-,9-/m1/s1. The number of hydrogen-bond donors (Lipinski definition) is 1. The number of hydrogen-bond acceptors (Lipinski definition) is 5. The lowest BCUT2D eigenvalue weighted by Crippen LogP contribution is -2.45. The van der Waals surface area contributed by atoms with Gasteiger partial charge in [0, 0.05) is 0 Å². The summed E-state index contributed by atoms with van der Waals surface area (Å²) >= 11 is 1.09. The van der Waals surface area contributed by atoms with Crippen LogP contribution in [0.4, 0.5) is 0 Å². The highest BCUT2D eigenvalue weighted by Gasteiger charge is 2.41. The number of esters is 1. The Morgan fingerprint density at radius 2 is 2.07 bits per heavy atom. The van der Waals surface area contributed by atoms with Crippen molar-refractivity contribution in [3.05, 3.63) is 0 Å². The van der Waals surface area contributed by atoms with E-state index in [1.165, 1.54) is 21.0 Å². The highest BCUT2D eigenvalue weighted by atomic mass is 32.2. The monoisotopic (exact) mass is 220 g/mol. The van der Waals surface area contributed by atoms with E-state index >= 15 is 0 Å². The molecule has 0 aliphatic carbocycles. The van der Waals surface area contributed by atoms with Crippen molar-refractivity contribution in [2.45, 2.75) is 26.4 Å². The van der Waals surface area contributed by atoms with Gasteiger partial charge in [-0.3, -0.25) is 4.79 Å². The average Bonchev–Trinajstić information content (AvgIpc) is 2.15. The first-order valence-corrected chi connectivity index (χ1v) is 5.33. The van der Waals surface area contributed by atoms with Gasteiger partial charge in [-0.1, -0.05) is 25.6 Å². The Hall–Kier alpha value is -0.550. The molecule has 82 valence electrons. The molecular weight excluding hydrogens is 204 g/mol. The third-order valence-electron chi connectivity index (χ3n) is 2.08. The van der Waals surface area contributed by atoms with Crippen LogP contribution in [0.15, 0.2) is 0 Å². The maximum atomic E-state index is 11.4. The van der Waals surface area contributed by atoms with Gasteiger partial charge in [0.05, 0.1) is 13.0 Å². The maximum absolute atomic E-state index is 11.4. The Labute approximate surface area is 88.0 Å². The van der Waals surface area contributed by atoms with Gasteiger partial charge in [0.1, 0.15) is 0 Å². The lowest BCUT2D eigenvalue weighted by molar-refractivity contribution is -0.166. The minimum atomic E-state index is -1.74. The van der Waals surface area contributed by atoms with Gasteiger partial charge >= 0.3 is 5.97 Å². The molecule has 5 heteroatoms. The van der Waals surface area contributed by atoms with E-state index in [0.29, 0.717) is 5.75 Å². The van der Waals surface area contributed by atoms with E-state index in [9.17, 15) is 14.7 Å². The molecule has 0 saturated heterocycles. The van der Waals surface area contributed by atoms with Crippen LogP contribution in [0.5, 0.6) is 0 Å². The minimum absolute atomic E-state index is 0.206. The Morgan fingerprint density at radius 1 is 1.57 bits per heavy atom. The van der Waals surface area contributed by atoms with Crippen molar-refractivity contribution in [1.29, 1.82) is 0 Å². The van der Waals surface area contributed by atoms with E-state index in [1.54, 1.807) is 0 Å². The van der Waals surface area contributed by atoms with Crippen LogP contribution in [-0.2, 0) is 14.3 Å². The van der Waals surface area contributed by atoms with Gasteiger partial charge < -0.3 is 9.84 Å². The van der Waals surface area contributed by atoms with Gasteiger partial charge in [-0.2, -0.15) is 0 Å². The molecule has 0 aliphatic rings. The van der Waals surface area contributed by atoms with E-state index < -0.39 is 17.5 Å². The lowest BCUT2D eigenvalue weighted by atomic mass is 9.92. The molecule has 0 aromatic heterocycles. The normalized spacial score (nSPS) is 16.9. The topological polar surface area (TPSA) is 63.6 Å². The van der Waals surface area contributed by atoms with E-state index in [0.717, 1.165) is 11.8 Å². The van der Waals surface area contributed by atoms with Crippen LogP contribution in [0.3, 0.4) is 0 Å². The molecule has 0 bridgehead atoms. The lowest BCUT2D eigenvalue weighted by Gasteiger charge is -2.25. The summed E-state index contributed by atoms with van der Waals surface area (Å²) in [5, 5.41) is 9.53. The van der Waals surface area contributed by atoms with Gasteiger partial charge in [-0.05, 0) is 12.7 Å². The van der Waals surface area contributed by atoms with Crippen LogP contribution < -0.4 is 0 Å². The van der Waals surface area contributed by atoms with Gasteiger partial charge in [0.15, 0.2) is 10.7 Å². The molecule has 4 nitrogen and oxygen atoms in total. The number of aliphatic hydroxyl groups is 1. The molecule has 0 aromatic rings. The molecule has 0 amide bonds. The second-order valence-corrected chi connectivity index (χ2v) is 4.38. The predicted molar refractivity (Wildman–Crippen MR) is 54.9 cm³/mol. The summed E-state index contributed by atoms with van der Waals surface area (Å²) in [7, 11) is 1.18. The summed E-state index contributed by atoms with van der Waals surface area (Å²) in [5.74, 6) is -0.921. The fraction of sp³-hybridized carbons (Fsp3) is 0.778. The van der Waals surface area contributed by atoms with Crippen LogP contribution in [0, 0.1) is 5.92 Å². The van der Waals surface area contributed by atoms with Crippen molar-refractivity contribution in [2.24, 2.45) is 5.92 Å². The van der Waals surface area contributed by atoms with Gasteiger partial charge in [0.2, 0.25) is 0 Å². The third kappa shape index (κ3) is 2.99. The second kappa shape index (κ2) is 5.36. The third-order valence-corrected chi connectivity index (χ3v) is 3.01. The van der Waals surface area contributed by atoms with E-state index in [4.69, 9.17) is 0 Å². The molecule has 0 rings (SSSR count). The number of carbonyl (C=O) groups excluding carboxylic acids is 2.